The highest BCUT2D eigenvalue weighted by Gasteiger charge is 2.16. The molecule has 0 atom stereocenters. The molecule has 1 N–H and O–H groups in total. The predicted molar refractivity (Wildman–Crippen MR) is 81.5 cm³/mol. The van der Waals surface area contributed by atoms with Gasteiger partial charge >= 0.3 is 0 Å². The Morgan fingerprint density at radius 3 is 2.37 bits per heavy atom. The van der Waals surface area contributed by atoms with Crippen molar-refractivity contribution >= 4 is 29.3 Å². The summed E-state index contributed by atoms with van der Waals surface area (Å²) in [6, 6.07) is 12.6. The Kier molecular flexibility index (Phi) is 4.56. The second kappa shape index (κ2) is 6.17. The van der Waals surface area contributed by atoms with Gasteiger partial charge in [-0.2, -0.15) is 0 Å². The first-order valence-electron chi connectivity index (χ1n) is 5.72. The van der Waals surface area contributed by atoms with Crippen LogP contribution in [-0.2, 0) is 0 Å². The lowest BCUT2D eigenvalue weighted by Crippen LogP contribution is -2.03. The summed E-state index contributed by atoms with van der Waals surface area (Å²) in [4.78, 5) is 14.3. The number of hydrogen-bond donors (Lipinski definition) is 1. The van der Waals surface area contributed by atoms with Gasteiger partial charge in [0.05, 0.1) is 5.56 Å². The molecule has 0 fully saturated rings. The number of hydrogen-bond acceptors (Lipinski definition) is 4. The van der Waals surface area contributed by atoms with Crippen LogP contribution in [0.3, 0.4) is 0 Å². The Morgan fingerprint density at radius 1 is 1.00 bits per heavy atom. The molecule has 0 bridgehead atoms. The van der Waals surface area contributed by atoms with Crippen molar-refractivity contribution in [3.8, 4) is 5.75 Å². The van der Waals surface area contributed by atoms with Gasteiger partial charge in [0, 0.05) is 15.4 Å². The molecule has 0 spiro atoms. The molecular weight excluding hydrogens is 276 g/mol. The van der Waals surface area contributed by atoms with Crippen LogP contribution in [0.2, 0.25) is 0 Å². The molecule has 0 aliphatic heterocycles. The van der Waals surface area contributed by atoms with Crippen molar-refractivity contribution in [2.75, 3.05) is 12.5 Å². The topological polar surface area (TPSA) is 37.3 Å². The van der Waals surface area contributed by atoms with Gasteiger partial charge in [0.1, 0.15) is 5.75 Å². The summed E-state index contributed by atoms with van der Waals surface area (Å²) in [5.41, 5.74) is 0.974. The van der Waals surface area contributed by atoms with Crippen molar-refractivity contribution in [1.29, 1.82) is 0 Å². The van der Waals surface area contributed by atoms with E-state index in [-0.39, 0.29) is 11.5 Å². The lowest BCUT2D eigenvalue weighted by Gasteiger charge is -2.08. The van der Waals surface area contributed by atoms with Gasteiger partial charge in [0.25, 0.3) is 0 Å². The fourth-order valence-corrected chi connectivity index (χ4v) is 2.84. The van der Waals surface area contributed by atoms with E-state index in [0.717, 1.165) is 9.79 Å². The molecule has 4 heteroatoms. The van der Waals surface area contributed by atoms with Crippen molar-refractivity contribution in [3.05, 3.63) is 53.6 Å². The minimum Gasteiger partial charge on any atom is -0.507 e. The van der Waals surface area contributed by atoms with Gasteiger partial charge in [-0.05, 0) is 42.8 Å². The minimum absolute atomic E-state index is 0.0350. The van der Waals surface area contributed by atoms with E-state index < -0.39 is 0 Å². The molecule has 0 unspecified atom stereocenters. The third-order valence-corrected chi connectivity index (χ3v) is 4.32. The molecule has 2 aromatic carbocycles. The maximum Gasteiger partial charge on any atom is 0.197 e. The maximum absolute atomic E-state index is 12.5. The number of carbonyl (C=O) groups is 1. The molecule has 0 saturated heterocycles. The average Bonchev–Trinajstić information content (AvgIpc) is 2.46. The highest BCUT2D eigenvalue weighted by molar-refractivity contribution is 7.98. The van der Waals surface area contributed by atoms with Gasteiger partial charge in [0.2, 0.25) is 0 Å². The van der Waals surface area contributed by atoms with Crippen LogP contribution in [0.1, 0.15) is 15.9 Å². The summed E-state index contributed by atoms with van der Waals surface area (Å²) in [5, 5.41) is 9.98. The van der Waals surface area contributed by atoms with E-state index in [4.69, 9.17) is 0 Å². The standard InChI is InChI=1S/C15H14O2S2/c1-18-10-7-8-11(13(16)9-10)15(17)12-5-3-4-6-14(12)19-2/h3-9,16H,1-2H3. The molecule has 2 nitrogen and oxygen atoms in total. The highest BCUT2D eigenvalue weighted by atomic mass is 32.2. The van der Waals surface area contributed by atoms with Crippen LogP contribution < -0.4 is 0 Å². The fraction of sp³-hybridized carbons (Fsp3) is 0.133. The lowest BCUT2D eigenvalue weighted by atomic mass is 10.0. The van der Waals surface area contributed by atoms with Crippen molar-refractivity contribution in [2.24, 2.45) is 0 Å². The molecule has 0 radical (unpaired) electrons. The second-order valence-electron chi connectivity index (χ2n) is 3.91. The molecule has 19 heavy (non-hydrogen) atoms. The van der Waals surface area contributed by atoms with Gasteiger partial charge in [-0.3, -0.25) is 4.79 Å². The van der Waals surface area contributed by atoms with Gasteiger partial charge in [-0.15, -0.1) is 23.5 Å². The molecular formula is C15H14O2S2. The molecule has 0 saturated carbocycles. The van der Waals surface area contributed by atoms with E-state index in [1.165, 1.54) is 23.5 Å². The maximum atomic E-state index is 12.5. The zero-order valence-corrected chi connectivity index (χ0v) is 12.3. The number of phenols is 1. The van der Waals surface area contributed by atoms with Crippen LogP contribution in [0, 0.1) is 0 Å². The molecule has 0 aromatic heterocycles. The Balaban J connectivity index is 2.44. The Hall–Kier alpha value is -1.39. The second-order valence-corrected chi connectivity index (χ2v) is 5.64. The molecule has 2 rings (SSSR count). The Morgan fingerprint density at radius 2 is 1.74 bits per heavy atom. The van der Waals surface area contributed by atoms with Crippen molar-refractivity contribution in [3.63, 3.8) is 0 Å². The van der Waals surface area contributed by atoms with E-state index in [0.29, 0.717) is 11.1 Å². The SMILES string of the molecule is CSc1ccc(C(=O)c2ccccc2SC)c(O)c1. The van der Waals surface area contributed by atoms with Crippen molar-refractivity contribution < 1.29 is 9.90 Å². The smallest absolute Gasteiger partial charge is 0.197 e. The predicted octanol–water partition coefficient (Wildman–Crippen LogP) is 4.07. The van der Waals surface area contributed by atoms with Crippen molar-refractivity contribution in [2.45, 2.75) is 9.79 Å². The molecule has 2 aromatic rings. The van der Waals surface area contributed by atoms with E-state index in [2.05, 4.69) is 0 Å². The number of carbonyl (C=O) groups excluding carboxylic acids is 1. The zero-order valence-electron chi connectivity index (χ0n) is 10.7. The summed E-state index contributed by atoms with van der Waals surface area (Å²) in [5.74, 6) is -0.108. The van der Waals surface area contributed by atoms with Crippen LogP contribution in [-0.4, -0.2) is 23.4 Å². The number of benzene rings is 2. The number of phenolic OH excluding ortho intramolecular Hbond substituents is 1. The summed E-state index contributed by atoms with van der Waals surface area (Å²) < 4.78 is 0. The van der Waals surface area contributed by atoms with Crippen LogP contribution >= 0.6 is 23.5 Å². The number of thioether (sulfide) groups is 2. The van der Waals surface area contributed by atoms with E-state index >= 15 is 0 Å². The third-order valence-electron chi connectivity index (χ3n) is 2.80. The van der Waals surface area contributed by atoms with Crippen molar-refractivity contribution in [1.82, 2.24) is 0 Å². The number of rotatable bonds is 4. The average molecular weight is 290 g/mol. The van der Waals surface area contributed by atoms with E-state index in [1.807, 2.05) is 36.8 Å². The number of ketones is 1. The molecule has 0 heterocycles. The zero-order chi connectivity index (χ0) is 13.8. The Labute approximate surface area is 121 Å². The summed E-state index contributed by atoms with van der Waals surface area (Å²) in [7, 11) is 0. The van der Waals surface area contributed by atoms with Gasteiger partial charge < -0.3 is 5.11 Å². The number of aromatic hydroxyl groups is 1. The van der Waals surface area contributed by atoms with E-state index in [9.17, 15) is 9.90 Å². The molecule has 98 valence electrons. The first-order chi connectivity index (χ1) is 9.17. The van der Waals surface area contributed by atoms with Crippen LogP contribution in [0.4, 0.5) is 0 Å². The third kappa shape index (κ3) is 2.96. The summed E-state index contributed by atoms with van der Waals surface area (Å²) >= 11 is 3.06. The van der Waals surface area contributed by atoms with Crippen LogP contribution in [0.15, 0.2) is 52.3 Å². The largest absolute Gasteiger partial charge is 0.507 e. The monoisotopic (exact) mass is 290 g/mol. The normalized spacial score (nSPS) is 10.4. The first-order valence-corrected chi connectivity index (χ1v) is 8.17. The Bertz CT molecular complexity index is 609. The summed E-state index contributed by atoms with van der Waals surface area (Å²) in [6.07, 6.45) is 3.86. The quantitative estimate of drug-likeness (QED) is 0.680. The van der Waals surface area contributed by atoms with Crippen LogP contribution in [0.25, 0.3) is 0 Å². The highest BCUT2D eigenvalue weighted by Crippen LogP contribution is 2.29. The molecule has 0 aliphatic rings. The fourth-order valence-electron chi connectivity index (χ4n) is 1.81. The molecule has 0 aliphatic carbocycles. The van der Waals surface area contributed by atoms with Gasteiger partial charge in [-0.25, -0.2) is 0 Å². The molecule has 0 amide bonds. The van der Waals surface area contributed by atoms with Gasteiger partial charge in [0.15, 0.2) is 5.78 Å². The first kappa shape index (κ1) is 14.0. The summed E-state index contributed by atoms with van der Waals surface area (Å²) in [6.45, 7) is 0. The van der Waals surface area contributed by atoms with Crippen LogP contribution in [0.5, 0.6) is 5.75 Å². The van der Waals surface area contributed by atoms with Gasteiger partial charge in [-0.1, -0.05) is 12.1 Å². The minimum atomic E-state index is -0.143. The van der Waals surface area contributed by atoms with E-state index in [1.54, 1.807) is 18.2 Å². The lowest BCUT2D eigenvalue weighted by molar-refractivity contribution is 0.103.